The van der Waals surface area contributed by atoms with Gasteiger partial charge in [-0.25, -0.2) is 0 Å². The van der Waals surface area contributed by atoms with E-state index in [2.05, 4.69) is 17.3 Å². The number of phenols is 1. The summed E-state index contributed by atoms with van der Waals surface area (Å²) < 4.78 is 1.81. The van der Waals surface area contributed by atoms with Gasteiger partial charge < -0.3 is 10.4 Å². The molecular formula is C14H19N3O. The molecule has 2 N–H and O–H groups in total. The minimum Gasteiger partial charge on any atom is -0.508 e. The average molecular weight is 245 g/mol. The number of hydrogen-bond acceptors (Lipinski definition) is 3. The number of rotatable bonds is 5. The Morgan fingerprint density at radius 3 is 2.89 bits per heavy atom. The Morgan fingerprint density at radius 2 is 2.28 bits per heavy atom. The van der Waals surface area contributed by atoms with Gasteiger partial charge in [-0.15, -0.1) is 0 Å². The zero-order valence-electron chi connectivity index (χ0n) is 10.8. The van der Waals surface area contributed by atoms with E-state index in [1.165, 1.54) is 5.56 Å². The Labute approximate surface area is 107 Å². The zero-order chi connectivity index (χ0) is 13.0. The number of aryl methyl sites for hydroxylation is 1. The van der Waals surface area contributed by atoms with E-state index >= 15 is 0 Å². The van der Waals surface area contributed by atoms with E-state index < -0.39 is 0 Å². The lowest BCUT2D eigenvalue weighted by Crippen LogP contribution is -2.22. The number of benzene rings is 1. The zero-order valence-corrected chi connectivity index (χ0v) is 10.8. The fourth-order valence-electron chi connectivity index (χ4n) is 2.09. The van der Waals surface area contributed by atoms with Crippen molar-refractivity contribution in [2.24, 2.45) is 7.05 Å². The van der Waals surface area contributed by atoms with Crippen LogP contribution in [0.3, 0.4) is 0 Å². The molecule has 0 amide bonds. The number of phenolic OH excluding ortho intramolecular Hbond substituents is 1. The van der Waals surface area contributed by atoms with Crippen molar-refractivity contribution in [1.29, 1.82) is 0 Å². The average Bonchev–Trinajstić information content (AvgIpc) is 2.75. The molecule has 0 spiro atoms. The Balaban J connectivity index is 2.16. The van der Waals surface area contributed by atoms with Gasteiger partial charge in [0.15, 0.2) is 0 Å². The lowest BCUT2D eigenvalue weighted by Gasteiger charge is -2.16. The molecular weight excluding hydrogens is 226 g/mol. The minimum atomic E-state index is 0.227. The molecule has 1 heterocycles. The number of aromatic nitrogens is 2. The fourth-order valence-corrected chi connectivity index (χ4v) is 2.09. The first-order valence-electron chi connectivity index (χ1n) is 6.19. The lowest BCUT2D eigenvalue weighted by atomic mass is 10.0. The molecule has 0 radical (unpaired) electrons. The van der Waals surface area contributed by atoms with Gasteiger partial charge in [0, 0.05) is 24.8 Å². The topological polar surface area (TPSA) is 50.1 Å². The van der Waals surface area contributed by atoms with Gasteiger partial charge in [0.05, 0.1) is 6.20 Å². The Kier molecular flexibility index (Phi) is 3.99. The third-order valence-electron chi connectivity index (χ3n) is 2.93. The number of aromatic hydroxyl groups is 1. The summed E-state index contributed by atoms with van der Waals surface area (Å²) in [6.07, 6.45) is 4.75. The van der Waals surface area contributed by atoms with Gasteiger partial charge in [0.25, 0.3) is 0 Å². The van der Waals surface area contributed by atoms with Crippen LogP contribution < -0.4 is 5.32 Å². The molecule has 1 unspecified atom stereocenters. The normalized spacial score (nSPS) is 12.6. The van der Waals surface area contributed by atoms with Crippen LogP contribution in [0, 0.1) is 0 Å². The molecule has 1 aromatic heterocycles. The molecule has 4 heteroatoms. The first kappa shape index (κ1) is 12.6. The highest BCUT2D eigenvalue weighted by Crippen LogP contribution is 2.20. The summed E-state index contributed by atoms with van der Waals surface area (Å²) in [4.78, 5) is 0. The van der Waals surface area contributed by atoms with Crippen LogP contribution in [0.4, 0.5) is 0 Å². The molecule has 0 bridgehead atoms. The summed E-state index contributed by atoms with van der Waals surface area (Å²) in [7, 11) is 1.92. The van der Waals surface area contributed by atoms with Crippen molar-refractivity contribution in [3.05, 3.63) is 47.8 Å². The van der Waals surface area contributed by atoms with Crippen molar-refractivity contribution in [2.45, 2.75) is 19.4 Å². The second-order valence-corrected chi connectivity index (χ2v) is 4.43. The van der Waals surface area contributed by atoms with Gasteiger partial charge in [-0.3, -0.25) is 4.68 Å². The van der Waals surface area contributed by atoms with Crippen LogP contribution in [0.5, 0.6) is 5.75 Å². The van der Waals surface area contributed by atoms with Crippen molar-refractivity contribution < 1.29 is 5.11 Å². The maximum Gasteiger partial charge on any atom is 0.115 e. The van der Waals surface area contributed by atoms with Crippen LogP contribution in [-0.2, 0) is 13.5 Å². The second-order valence-electron chi connectivity index (χ2n) is 4.43. The van der Waals surface area contributed by atoms with Gasteiger partial charge in [0.2, 0.25) is 0 Å². The third kappa shape index (κ3) is 3.11. The van der Waals surface area contributed by atoms with Crippen LogP contribution in [0.2, 0.25) is 0 Å². The first-order valence-corrected chi connectivity index (χ1v) is 6.19. The van der Waals surface area contributed by atoms with E-state index in [1.807, 2.05) is 36.3 Å². The second kappa shape index (κ2) is 5.69. The fraction of sp³-hybridized carbons (Fsp3) is 0.357. The molecule has 0 saturated carbocycles. The van der Waals surface area contributed by atoms with Crippen molar-refractivity contribution in [3.63, 3.8) is 0 Å². The molecule has 1 aromatic carbocycles. The first-order chi connectivity index (χ1) is 8.69. The van der Waals surface area contributed by atoms with Crippen LogP contribution in [0.1, 0.15) is 24.1 Å². The highest BCUT2D eigenvalue weighted by atomic mass is 16.3. The molecule has 2 aromatic rings. The summed E-state index contributed by atoms with van der Waals surface area (Å²) >= 11 is 0. The summed E-state index contributed by atoms with van der Waals surface area (Å²) in [5.74, 6) is 0.314. The van der Waals surface area contributed by atoms with Gasteiger partial charge in [0.1, 0.15) is 5.75 Å². The molecule has 0 saturated heterocycles. The Morgan fingerprint density at radius 1 is 1.44 bits per heavy atom. The number of hydrogen-bond donors (Lipinski definition) is 2. The van der Waals surface area contributed by atoms with Gasteiger partial charge >= 0.3 is 0 Å². The smallest absolute Gasteiger partial charge is 0.115 e. The molecule has 1 atom stereocenters. The predicted molar refractivity (Wildman–Crippen MR) is 71.4 cm³/mol. The van der Waals surface area contributed by atoms with E-state index in [4.69, 9.17) is 0 Å². The maximum atomic E-state index is 9.49. The van der Waals surface area contributed by atoms with Gasteiger partial charge in [-0.2, -0.15) is 5.10 Å². The van der Waals surface area contributed by atoms with Crippen LogP contribution in [0.15, 0.2) is 36.7 Å². The highest BCUT2D eigenvalue weighted by Gasteiger charge is 2.13. The molecule has 0 aliphatic heterocycles. The number of nitrogens with one attached hydrogen (secondary N) is 1. The van der Waals surface area contributed by atoms with Crippen molar-refractivity contribution in [2.75, 3.05) is 6.54 Å². The monoisotopic (exact) mass is 245 g/mol. The maximum absolute atomic E-state index is 9.49. The number of likely N-dealkylation sites (N-methyl/N-ethyl adjacent to an activating group) is 1. The van der Waals surface area contributed by atoms with Crippen molar-refractivity contribution >= 4 is 0 Å². The Hall–Kier alpha value is -1.81. The standard InChI is InChI=1S/C14H19N3O/c1-3-15-14(12-9-16-17(2)10-12)8-11-5-4-6-13(18)7-11/h4-7,9-10,14-15,18H,3,8H2,1-2H3. The predicted octanol–water partition coefficient (Wildman–Crippen LogP) is 2.02. The van der Waals surface area contributed by atoms with Crippen LogP contribution >= 0.6 is 0 Å². The van der Waals surface area contributed by atoms with Crippen molar-refractivity contribution in [1.82, 2.24) is 15.1 Å². The summed E-state index contributed by atoms with van der Waals surface area (Å²) in [5.41, 5.74) is 2.28. The quantitative estimate of drug-likeness (QED) is 0.847. The number of nitrogens with zero attached hydrogens (tertiary/aromatic N) is 2. The van der Waals surface area contributed by atoms with E-state index in [-0.39, 0.29) is 6.04 Å². The summed E-state index contributed by atoms with van der Waals surface area (Å²) in [5, 5.41) is 17.1. The molecule has 4 nitrogen and oxygen atoms in total. The van der Waals surface area contributed by atoms with Crippen LogP contribution in [0.25, 0.3) is 0 Å². The largest absolute Gasteiger partial charge is 0.508 e. The molecule has 0 aliphatic rings. The van der Waals surface area contributed by atoms with Crippen molar-refractivity contribution in [3.8, 4) is 5.75 Å². The Bertz CT molecular complexity index is 507. The lowest BCUT2D eigenvalue weighted by molar-refractivity contribution is 0.473. The van der Waals surface area contributed by atoms with E-state index in [0.717, 1.165) is 18.5 Å². The van der Waals surface area contributed by atoms with E-state index in [9.17, 15) is 5.11 Å². The van der Waals surface area contributed by atoms with Gasteiger partial charge in [-0.05, 0) is 30.7 Å². The molecule has 18 heavy (non-hydrogen) atoms. The molecule has 96 valence electrons. The summed E-state index contributed by atoms with van der Waals surface area (Å²) in [6.45, 7) is 2.99. The van der Waals surface area contributed by atoms with Gasteiger partial charge in [-0.1, -0.05) is 19.1 Å². The third-order valence-corrected chi connectivity index (χ3v) is 2.93. The van der Waals surface area contributed by atoms with E-state index in [0.29, 0.717) is 5.75 Å². The van der Waals surface area contributed by atoms with Crippen LogP contribution in [-0.4, -0.2) is 21.4 Å². The molecule has 0 fully saturated rings. The highest BCUT2D eigenvalue weighted by molar-refractivity contribution is 5.29. The van der Waals surface area contributed by atoms with E-state index in [1.54, 1.807) is 12.1 Å². The summed E-state index contributed by atoms with van der Waals surface area (Å²) in [6, 6.07) is 7.62. The molecule has 2 rings (SSSR count). The minimum absolute atomic E-state index is 0.227. The SMILES string of the molecule is CCNC(Cc1cccc(O)c1)c1cnn(C)c1. The molecule has 0 aliphatic carbocycles.